The molecule has 0 radical (unpaired) electrons. The number of nitrogens with one attached hydrogen (secondary N) is 2. The minimum atomic E-state index is -0.0504. The fourth-order valence-corrected chi connectivity index (χ4v) is 2.88. The minimum Gasteiger partial charge on any atom is -0.360 e. The van der Waals surface area contributed by atoms with Crippen LogP contribution in [0.3, 0.4) is 0 Å². The van der Waals surface area contributed by atoms with Crippen LogP contribution in [-0.4, -0.2) is 61.1 Å². The van der Waals surface area contributed by atoms with Gasteiger partial charge in [0.15, 0.2) is 0 Å². The first-order chi connectivity index (χ1) is 11.6. The number of anilines is 1. The van der Waals surface area contributed by atoms with E-state index in [0.29, 0.717) is 13.1 Å². The molecular weight excluding hydrogens is 306 g/mol. The number of carbonyl (C=O) groups is 2. The summed E-state index contributed by atoms with van der Waals surface area (Å²) < 4.78 is 0. The van der Waals surface area contributed by atoms with Crippen molar-refractivity contribution in [1.29, 1.82) is 0 Å². The Bertz CT molecular complexity index is 537. The summed E-state index contributed by atoms with van der Waals surface area (Å²) in [6.07, 6.45) is 4.47. The topological polar surface area (TPSA) is 77.6 Å². The second-order valence-electron chi connectivity index (χ2n) is 6.18. The number of pyridine rings is 1. The standard InChI is InChI=1S/C17H27N5O2/c1-14(23)20-15-7-5-12-22(13-15)17(24)19-10-6-11-21(2)16-8-3-4-9-18-16/h3-4,8-9,15H,5-7,10-13H2,1-2H3,(H,19,24)(H,20,23). The molecule has 1 aromatic rings. The van der Waals surface area contributed by atoms with E-state index >= 15 is 0 Å². The first-order valence-corrected chi connectivity index (χ1v) is 8.48. The van der Waals surface area contributed by atoms with E-state index in [2.05, 4.69) is 20.5 Å². The van der Waals surface area contributed by atoms with Crippen LogP contribution in [0.2, 0.25) is 0 Å². The Hall–Kier alpha value is -2.31. The largest absolute Gasteiger partial charge is 0.360 e. The molecule has 2 rings (SSSR count). The van der Waals surface area contributed by atoms with Gasteiger partial charge in [0.05, 0.1) is 0 Å². The van der Waals surface area contributed by atoms with Crippen LogP contribution in [0.5, 0.6) is 0 Å². The van der Waals surface area contributed by atoms with Crippen molar-refractivity contribution in [3.05, 3.63) is 24.4 Å². The first-order valence-electron chi connectivity index (χ1n) is 8.48. The Morgan fingerprint density at radius 3 is 2.96 bits per heavy atom. The molecule has 1 aromatic heterocycles. The molecule has 3 amide bonds. The molecule has 0 bridgehead atoms. The van der Waals surface area contributed by atoms with Crippen LogP contribution in [-0.2, 0) is 4.79 Å². The van der Waals surface area contributed by atoms with Crippen LogP contribution in [0.25, 0.3) is 0 Å². The molecule has 7 heteroatoms. The van der Waals surface area contributed by atoms with E-state index in [-0.39, 0.29) is 18.0 Å². The predicted molar refractivity (Wildman–Crippen MR) is 93.9 cm³/mol. The van der Waals surface area contributed by atoms with Crippen LogP contribution in [0, 0.1) is 0 Å². The summed E-state index contributed by atoms with van der Waals surface area (Å²) in [6, 6.07) is 5.84. The summed E-state index contributed by atoms with van der Waals surface area (Å²) in [7, 11) is 1.99. The minimum absolute atomic E-state index is 0.0418. The lowest BCUT2D eigenvalue weighted by Crippen LogP contribution is -2.52. The van der Waals surface area contributed by atoms with E-state index in [0.717, 1.165) is 38.2 Å². The maximum atomic E-state index is 12.2. The second-order valence-corrected chi connectivity index (χ2v) is 6.18. The highest BCUT2D eigenvalue weighted by molar-refractivity contribution is 5.75. The lowest BCUT2D eigenvalue weighted by atomic mass is 10.1. The summed E-state index contributed by atoms with van der Waals surface area (Å²) in [5.41, 5.74) is 0. The van der Waals surface area contributed by atoms with E-state index in [1.807, 2.05) is 25.2 Å². The molecule has 0 saturated carbocycles. The predicted octanol–water partition coefficient (Wildman–Crippen LogP) is 1.22. The van der Waals surface area contributed by atoms with Crippen molar-refractivity contribution < 1.29 is 9.59 Å². The fraction of sp³-hybridized carbons (Fsp3) is 0.588. The van der Waals surface area contributed by atoms with E-state index in [1.54, 1.807) is 11.1 Å². The summed E-state index contributed by atoms with van der Waals surface area (Å²) in [4.78, 5) is 31.5. The van der Waals surface area contributed by atoms with Gasteiger partial charge in [-0.1, -0.05) is 6.07 Å². The number of aromatic nitrogens is 1. The van der Waals surface area contributed by atoms with Gasteiger partial charge < -0.3 is 20.4 Å². The summed E-state index contributed by atoms with van der Waals surface area (Å²) >= 11 is 0. The fourth-order valence-electron chi connectivity index (χ4n) is 2.88. The van der Waals surface area contributed by atoms with Gasteiger partial charge in [0.25, 0.3) is 0 Å². The molecule has 1 fully saturated rings. The van der Waals surface area contributed by atoms with Crippen LogP contribution >= 0.6 is 0 Å². The van der Waals surface area contributed by atoms with Gasteiger partial charge in [0, 0.05) is 52.4 Å². The molecule has 2 N–H and O–H groups in total. The average molecular weight is 333 g/mol. The third-order valence-corrected chi connectivity index (χ3v) is 4.10. The van der Waals surface area contributed by atoms with Crippen molar-refractivity contribution in [2.75, 3.05) is 38.1 Å². The highest BCUT2D eigenvalue weighted by Gasteiger charge is 2.23. The van der Waals surface area contributed by atoms with E-state index < -0.39 is 0 Å². The quantitative estimate of drug-likeness (QED) is 0.767. The van der Waals surface area contributed by atoms with Crippen LogP contribution < -0.4 is 15.5 Å². The molecule has 2 heterocycles. The van der Waals surface area contributed by atoms with Gasteiger partial charge in [-0.25, -0.2) is 9.78 Å². The summed E-state index contributed by atoms with van der Waals surface area (Å²) in [5, 5.41) is 5.85. The number of carbonyl (C=O) groups excluding carboxylic acids is 2. The zero-order valence-electron chi connectivity index (χ0n) is 14.5. The Kier molecular flexibility index (Phi) is 6.84. The molecule has 0 spiro atoms. The average Bonchev–Trinajstić information content (AvgIpc) is 2.58. The van der Waals surface area contributed by atoms with E-state index in [9.17, 15) is 9.59 Å². The molecule has 7 nitrogen and oxygen atoms in total. The Morgan fingerprint density at radius 2 is 2.25 bits per heavy atom. The highest BCUT2D eigenvalue weighted by atomic mass is 16.2. The Balaban J connectivity index is 1.66. The maximum Gasteiger partial charge on any atom is 0.317 e. The van der Waals surface area contributed by atoms with Crippen molar-refractivity contribution in [2.45, 2.75) is 32.2 Å². The SMILES string of the molecule is CC(=O)NC1CCCN(C(=O)NCCCN(C)c2ccccn2)C1. The zero-order valence-corrected chi connectivity index (χ0v) is 14.5. The third kappa shape index (κ3) is 5.72. The van der Waals surface area contributed by atoms with Crippen molar-refractivity contribution in [2.24, 2.45) is 0 Å². The van der Waals surface area contributed by atoms with Gasteiger partial charge in [0.1, 0.15) is 5.82 Å². The van der Waals surface area contributed by atoms with Crippen LogP contribution in [0.1, 0.15) is 26.2 Å². The summed E-state index contributed by atoms with van der Waals surface area (Å²) in [6.45, 7) is 4.29. The van der Waals surface area contributed by atoms with Gasteiger partial charge >= 0.3 is 6.03 Å². The van der Waals surface area contributed by atoms with Gasteiger partial charge in [-0.2, -0.15) is 0 Å². The number of rotatable bonds is 6. The molecule has 24 heavy (non-hydrogen) atoms. The molecule has 0 aliphatic carbocycles. The number of hydrogen-bond donors (Lipinski definition) is 2. The molecule has 132 valence electrons. The normalized spacial score (nSPS) is 17.2. The van der Waals surface area contributed by atoms with E-state index in [1.165, 1.54) is 6.92 Å². The smallest absolute Gasteiger partial charge is 0.317 e. The first kappa shape index (κ1) is 18.0. The Morgan fingerprint density at radius 1 is 1.42 bits per heavy atom. The molecule has 0 aromatic carbocycles. The number of hydrogen-bond acceptors (Lipinski definition) is 4. The molecule has 1 aliphatic heterocycles. The van der Waals surface area contributed by atoms with Gasteiger partial charge in [-0.05, 0) is 31.4 Å². The van der Waals surface area contributed by atoms with E-state index in [4.69, 9.17) is 0 Å². The lowest BCUT2D eigenvalue weighted by Gasteiger charge is -2.33. The Labute approximate surface area is 143 Å². The molecular formula is C17H27N5O2. The summed E-state index contributed by atoms with van der Waals surface area (Å²) in [5.74, 6) is 0.887. The molecule has 1 saturated heterocycles. The van der Waals surface area contributed by atoms with Gasteiger partial charge in [0.2, 0.25) is 5.91 Å². The van der Waals surface area contributed by atoms with Crippen LogP contribution in [0.4, 0.5) is 10.6 Å². The number of urea groups is 1. The monoisotopic (exact) mass is 333 g/mol. The van der Waals surface area contributed by atoms with Crippen molar-refractivity contribution in [3.8, 4) is 0 Å². The highest BCUT2D eigenvalue weighted by Crippen LogP contribution is 2.10. The number of nitrogens with zero attached hydrogens (tertiary/aromatic N) is 3. The molecule has 1 atom stereocenters. The number of likely N-dealkylation sites (tertiary alicyclic amines) is 1. The van der Waals surface area contributed by atoms with Crippen molar-refractivity contribution >= 4 is 17.8 Å². The maximum absolute atomic E-state index is 12.2. The molecule has 1 aliphatic rings. The van der Waals surface area contributed by atoms with Gasteiger partial charge in [-0.3, -0.25) is 4.79 Å². The zero-order chi connectivity index (χ0) is 17.4. The number of amides is 3. The lowest BCUT2D eigenvalue weighted by molar-refractivity contribution is -0.119. The van der Waals surface area contributed by atoms with Crippen molar-refractivity contribution in [3.63, 3.8) is 0 Å². The van der Waals surface area contributed by atoms with Crippen LogP contribution in [0.15, 0.2) is 24.4 Å². The number of piperidine rings is 1. The third-order valence-electron chi connectivity index (χ3n) is 4.10. The molecule has 1 unspecified atom stereocenters. The second kappa shape index (κ2) is 9.10. The van der Waals surface area contributed by atoms with Crippen molar-refractivity contribution in [1.82, 2.24) is 20.5 Å². The van der Waals surface area contributed by atoms with Gasteiger partial charge in [-0.15, -0.1) is 0 Å².